The Labute approximate surface area is 146 Å². The number of amides is 1. The Morgan fingerprint density at radius 3 is 2.27 bits per heavy atom. The highest BCUT2D eigenvalue weighted by molar-refractivity contribution is 5.96. The van der Waals surface area contributed by atoms with Crippen molar-refractivity contribution in [1.82, 2.24) is 10.3 Å². The van der Waals surface area contributed by atoms with E-state index in [0.29, 0.717) is 6.20 Å². The number of benzene rings is 1. The summed E-state index contributed by atoms with van der Waals surface area (Å²) in [5.41, 5.74) is -0.606. The lowest BCUT2D eigenvalue weighted by Crippen LogP contribution is -2.39. The molecule has 6 nitrogen and oxygen atoms in total. The molecular weight excluding hydrogens is 353 g/mol. The highest BCUT2D eigenvalue weighted by Crippen LogP contribution is 2.30. The van der Waals surface area contributed by atoms with Gasteiger partial charge in [-0.25, -0.2) is 9.78 Å². The first-order valence-electron chi connectivity index (χ1n) is 7.40. The van der Waals surface area contributed by atoms with Gasteiger partial charge in [0.15, 0.2) is 0 Å². The summed E-state index contributed by atoms with van der Waals surface area (Å²) in [6.07, 6.45) is -3.80. The molecule has 0 aliphatic carbocycles. The Morgan fingerprint density at radius 2 is 1.77 bits per heavy atom. The van der Waals surface area contributed by atoms with Gasteiger partial charge in [0.1, 0.15) is 11.8 Å². The number of halogens is 3. The SMILES string of the molecule is COC(=O)[C@H](C)NC(=O)c1ccc(Oc2ccc(C(F)(F)F)cn2)cc1. The van der Waals surface area contributed by atoms with Gasteiger partial charge in [0.2, 0.25) is 5.88 Å². The summed E-state index contributed by atoms with van der Waals surface area (Å²) >= 11 is 0. The number of nitrogens with zero attached hydrogens (tertiary/aromatic N) is 1. The molecule has 0 saturated heterocycles. The summed E-state index contributed by atoms with van der Waals surface area (Å²) in [4.78, 5) is 26.9. The first-order chi connectivity index (χ1) is 12.2. The van der Waals surface area contributed by atoms with Crippen LogP contribution in [0.1, 0.15) is 22.8 Å². The molecule has 2 aromatic rings. The highest BCUT2D eigenvalue weighted by Gasteiger charge is 2.30. The standard InChI is InChI=1S/C17H15F3N2O4/c1-10(16(24)25-2)22-15(23)11-3-6-13(7-4-11)26-14-8-5-12(9-21-14)17(18,19)20/h3-10H,1-2H3,(H,22,23)/t10-/m0/s1. The van der Waals surface area contributed by atoms with Crippen LogP contribution in [0.4, 0.5) is 13.2 Å². The summed E-state index contributed by atoms with van der Waals surface area (Å²) in [7, 11) is 1.21. The van der Waals surface area contributed by atoms with Crippen LogP contribution >= 0.6 is 0 Å². The van der Waals surface area contributed by atoms with Crippen LogP contribution in [0.3, 0.4) is 0 Å². The third-order valence-corrected chi connectivity index (χ3v) is 3.30. The quantitative estimate of drug-likeness (QED) is 0.821. The maximum absolute atomic E-state index is 12.5. The van der Waals surface area contributed by atoms with Crippen LogP contribution in [0.2, 0.25) is 0 Å². The lowest BCUT2D eigenvalue weighted by molar-refractivity contribution is -0.142. The van der Waals surface area contributed by atoms with Gasteiger partial charge in [0.05, 0.1) is 12.7 Å². The zero-order valence-electron chi connectivity index (χ0n) is 13.8. The third-order valence-electron chi connectivity index (χ3n) is 3.30. The molecule has 0 bridgehead atoms. The zero-order valence-corrected chi connectivity index (χ0v) is 13.8. The number of nitrogens with one attached hydrogen (secondary N) is 1. The molecule has 26 heavy (non-hydrogen) atoms. The molecule has 0 unspecified atom stereocenters. The number of pyridine rings is 1. The molecule has 0 fully saturated rings. The van der Waals surface area contributed by atoms with Crippen LogP contribution in [0.25, 0.3) is 0 Å². The molecule has 1 amide bonds. The van der Waals surface area contributed by atoms with Gasteiger partial charge in [0, 0.05) is 17.8 Å². The Hall–Kier alpha value is -3.10. The van der Waals surface area contributed by atoms with Crippen molar-refractivity contribution < 1.29 is 32.2 Å². The van der Waals surface area contributed by atoms with Crippen LogP contribution in [0.15, 0.2) is 42.6 Å². The minimum absolute atomic E-state index is 0.0190. The maximum Gasteiger partial charge on any atom is 0.417 e. The molecular formula is C17H15F3N2O4. The molecule has 0 spiro atoms. The van der Waals surface area contributed by atoms with E-state index in [9.17, 15) is 22.8 Å². The number of hydrogen-bond donors (Lipinski definition) is 1. The van der Waals surface area contributed by atoms with E-state index in [4.69, 9.17) is 4.74 Å². The number of esters is 1. The predicted molar refractivity (Wildman–Crippen MR) is 84.7 cm³/mol. The molecule has 0 aliphatic rings. The van der Waals surface area contributed by atoms with E-state index in [-0.39, 0.29) is 17.2 Å². The largest absolute Gasteiger partial charge is 0.467 e. The highest BCUT2D eigenvalue weighted by atomic mass is 19.4. The van der Waals surface area contributed by atoms with Gasteiger partial charge in [-0.3, -0.25) is 4.79 Å². The third kappa shape index (κ3) is 4.95. The number of alkyl halides is 3. The molecule has 1 aromatic carbocycles. The van der Waals surface area contributed by atoms with Gasteiger partial charge >= 0.3 is 12.1 Å². The van der Waals surface area contributed by atoms with Crippen LogP contribution in [0, 0.1) is 0 Å². The fourth-order valence-electron chi connectivity index (χ4n) is 1.92. The number of hydrogen-bond acceptors (Lipinski definition) is 5. The van der Waals surface area contributed by atoms with Gasteiger partial charge in [-0.2, -0.15) is 13.2 Å². The minimum atomic E-state index is -4.47. The first kappa shape index (κ1) is 19.2. The summed E-state index contributed by atoms with van der Waals surface area (Å²) in [6, 6.07) is 6.95. The second-order valence-electron chi connectivity index (χ2n) is 5.23. The summed E-state index contributed by atoms with van der Waals surface area (Å²) in [5, 5.41) is 2.46. The van der Waals surface area contributed by atoms with Gasteiger partial charge in [0.25, 0.3) is 5.91 Å². The summed E-state index contributed by atoms with van der Waals surface area (Å²) < 4.78 is 47.3. The second kappa shape index (κ2) is 7.85. The Kier molecular flexibility index (Phi) is 5.81. The molecule has 1 atom stereocenters. The molecule has 0 saturated carbocycles. The number of aromatic nitrogens is 1. The van der Waals surface area contributed by atoms with Gasteiger partial charge in [-0.05, 0) is 37.3 Å². The molecule has 9 heteroatoms. The van der Waals surface area contributed by atoms with Crippen molar-refractivity contribution in [1.29, 1.82) is 0 Å². The molecule has 1 N–H and O–H groups in total. The lowest BCUT2D eigenvalue weighted by Gasteiger charge is -2.12. The molecule has 0 radical (unpaired) electrons. The smallest absolute Gasteiger partial charge is 0.417 e. The Bertz CT molecular complexity index is 774. The second-order valence-corrected chi connectivity index (χ2v) is 5.23. The van der Waals surface area contributed by atoms with Crippen molar-refractivity contribution in [2.24, 2.45) is 0 Å². The molecule has 1 heterocycles. The Balaban J connectivity index is 2.01. The van der Waals surface area contributed by atoms with E-state index >= 15 is 0 Å². The van der Waals surface area contributed by atoms with Crippen molar-refractivity contribution in [3.8, 4) is 11.6 Å². The normalized spacial score (nSPS) is 12.2. The van der Waals surface area contributed by atoms with Crippen LogP contribution < -0.4 is 10.1 Å². The fraction of sp³-hybridized carbons (Fsp3) is 0.235. The monoisotopic (exact) mass is 368 g/mol. The van der Waals surface area contributed by atoms with Crippen molar-refractivity contribution in [2.75, 3.05) is 7.11 Å². The maximum atomic E-state index is 12.5. The fourth-order valence-corrected chi connectivity index (χ4v) is 1.92. The zero-order chi connectivity index (χ0) is 19.3. The van der Waals surface area contributed by atoms with Crippen LogP contribution in [-0.4, -0.2) is 30.0 Å². The van der Waals surface area contributed by atoms with E-state index in [1.165, 1.54) is 38.3 Å². The van der Waals surface area contributed by atoms with E-state index < -0.39 is 29.7 Å². The molecule has 138 valence electrons. The Morgan fingerprint density at radius 1 is 1.12 bits per heavy atom. The van der Waals surface area contributed by atoms with E-state index in [1.807, 2.05) is 0 Å². The van der Waals surface area contributed by atoms with Crippen molar-refractivity contribution >= 4 is 11.9 Å². The lowest BCUT2D eigenvalue weighted by atomic mass is 10.2. The average molecular weight is 368 g/mol. The van der Waals surface area contributed by atoms with Gasteiger partial charge in [-0.1, -0.05) is 0 Å². The average Bonchev–Trinajstić information content (AvgIpc) is 2.61. The van der Waals surface area contributed by atoms with Gasteiger partial charge < -0.3 is 14.8 Å². The number of rotatable bonds is 5. The van der Waals surface area contributed by atoms with Crippen LogP contribution in [-0.2, 0) is 15.7 Å². The summed E-state index contributed by atoms with van der Waals surface area (Å²) in [6.45, 7) is 1.48. The number of carbonyl (C=O) groups is 2. The minimum Gasteiger partial charge on any atom is -0.467 e. The molecule has 2 rings (SSSR count). The number of methoxy groups -OCH3 is 1. The van der Waals surface area contributed by atoms with E-state index in [0.717, 1.165) is 12.1 Å². The predicted octanol–water partition coefficient (Wildman–Crippen LogP) is 3.18. The first-order valence-corrected chi connectivity index (χ1v) is 7.40. The van der Waals surface area contributed by atoms with Crippen molar-refractivity contribution in [3.63, 3.8) is 0 Å². The summed E-state index contributed by atoms with van der Waals surface area (Å²) in [5.74, 6) is -0.793. The molecule has 1 aromatic heterocycles. The number of carbonyl (C=O) groups excluding carboxylic acids is 2. The van der Waals surface area contributed by atoms with E-state index in [2.05, 4.69) is 15.0 Å². The van der Waals surface area contributed by atoms with Gasteiger partial charge in [-0.15, -0.1) is 0 Å². The van der Waals surface area contributed by atoms with Crippen molar-refractivity contribution in [3.05, 3.63) is 53.7 Å². The van der Waals surface area contributed by atoms with Crippen molar-refractivity contribution in [2.45, 2.75) is 19.1 Å². The van der Waals surface area contributed by atoms with Crippen LogP contribution in [0.5, 0.6) is 11.6 Å². The molecule has 0 aliphatic heterocycles. The number of ether oxygens (including phenoxy) is 2. The van der Waals surface area contributed by atoms with E-state index in [1.54, 1.807) is 0 Å². The topological polar surface area (TPSA) is 77.5 Å².